The molecule has 2 aromatic carbocycles. The molecule has 1 atom stereocenters. The number of carbonyl (C=O) groups is 3. The standard InChI is InChI=1S/C54H88O14/c1-3-4-5-6-7-8-9-10-11-12-13-14-15-16-20-26-52(55)67-45-43-65-41-39-63-37-35-61-33-31-59-29-27-58-28-30-60-32-34-62-36-38-64-40-42-66-44-46-68-54(57)48(2)50-24-21-25-51(47-50)53(56)49-22-18-17-19-23-49/h17-19,21-25,47-48H,3-16,20,26-46H2,1-2H3. The molecule has 0 saturated carbocycles. The maximum atomic E-state index is 12.8. The van der Waals surface area contributed by atoms with Crippen LogP contribution in [0.3, 0.4) is 0 Å². The first-order valence-electron chi connectivity index (χ1n) is 25.7. The Kier molecular flexibility index (Phi) is 41.2. The second-order valence-corrected chi connectivity index (χ2v) is 16.6. The maximum Gasteiger partial charge on any atom is 0.313 e. The highest BCUT2D eigenvalue weighted by Gasteiger charge is 2.19. The van der Waals surface area contributed by atoms with E-state index in [1.807, 2.05) is 24.3 Å². The molecule has 14 heteroatoms. The van der Waals surface area contributed by atoms with Crippen molar-refractivity contribution in [2.45, 2.75) is 122 Å². The predicted octanol–water partition coefficient (Wildman–Crippen LogP) is 9.52. The zero-order valence-corrected chi connectivity index (χ0v) is 41.9. The molecule has 0 aliphatic carbocycles. The topological polar surface area (TPSA) is 153 Å². The summed E-state index contributed by atoms with van der Waals surface area (Å²) >= 11 is 0. The van der Waals surface area contributed by atoms with Gasteiger partial charge in [0, 0.05) is 17.5 Å². The Morgan fingerprint density at radius 1 is 0.382 bits per heavy atom. The summed E-state index contributed by atoms with van der Waals surface area (Å²) in [6, 6.07) is 16.1. The molecule has 0 aromatic heterocycles. The van der Waals surface area contributed by atoms with Crippen molar-refractivity contribution in [3.63, 3.8) is 0 Å². The van der Waals surface area contributed by atoms with E-state index in [0.29, 0.717) is 130 Å². The molecule has 1 unspecified atom stereocenters. The highest BCUT2D eigenvalue weighted by molar-refractivity contribution is 6.09. The fraction of sp³-hybridized carbons (Fsp3) is 0.722. The largest absolute Gasteiger partial charge is 0.463 e. The van der Waals surface area contributed by atoms with Crippen LogP contribution in [0.4, 0.5) is 0 Å². The van der Waals surface area contributed by atoms with Crippen molar-refractivity contribution in [1.82, 2.24) is 0 Å². The molecular formula is C54H88O14. The molecule has 0 radical (unpaired) electrons. The number of carbonyl (C=O) groups excluding carboxylic acids is 3. The fourth-order valence-electron chi connectivity index (χ4n) is 6.96. The van der Waals surface area contributed by atoms with Gasteiger partial charge >= 0.3 is 11.9 Å². The minimum atomic E-state index is -0.517. The number of rotatable bonds is 50. The summed E-state index contributed by atoms with van der Waals surface area (Å²) in [5.74, 6) is -1.12. The molecule has 0 N–H and O–H groups in total. The number of unbranched alkanes of at least 4 members (excludes halogenated alkanes) is 14. The lowest BCUT2D eigenvalue weighted by atomic mass is 9.96. The van der Waals surface area contributed by atoms with E-state index < -0.39 is 5.92 Å². The smallest absolute Gasteiger partial charge is 0.313 e. The van der Waals surface area contributed by atoms with E-state index in [9.17, 15) is 14.4 Å². The SMILES string of the molecule is CCCCCCCCCCCCCCCCCC(=O)OCCOCCOCCOCCOCCOCCOCCOCCOCCOCCOC(=O)C(C)c1cccc(C(=O)c2ccccc2)c1. The van der Waals surface area contributed by atoms with Crippen LogP contribution >= 0.6 is 0 Å². The van der Waals surface area contributed by atoms with Gasteiger partial charge in [0.1, 0.15) is 13.2 Å². The van der Waals surface area contributed by atoms with Crippen LogP contribution in [0.1, 0.15) is 144 Å². The van der Waals surface area contributed by atoms with Crippen molar-refractivity contribution in [2.24, 2.45) is 0 Å². The molecule has 0 aliphatic rings. The van der Waals surface area contributed by atoms with Crippen LogP contribution in [-0.4, -0.2) is 150 Å². The van der Waals surface area contributed by atoms with Gasteiger partial charge in [0.05, 0.1) is 125 Å². The number of hydrogen-bond donors (Lipinski definition) is 0. The molecule has 0 saturated heterocycles. The molecule has 68 heavy (non-hydrogen) atoms. The van der Waals surface area contributed by atoms with Gasteiger partial charge in [-0.1, -0.05) is 145 Å². The summed E-state index contributed by atoms with van der Waals surface area (Å²) in [7, 11) is 0. The van der Waals surface area contributed by atoms with Crippen LogP contribution in [0.15, 0.2) is 54.6 Å². The summed E-state index contributed by atoms with van der Waals surface area (Å²) in [4.78, 5) is 37.3. The van der Waals surface area contributed by atoms with E-state index in [2.05, 4.69) is 6.92 Å². The Bertz CT molecular complexity index is 1460. The van der Waals surface area contributed by atoms with Crippen LogP contribution < -0.4 is 0 Å². The van der Waals surface area contributed by atoms with Crippen LogP contribution in [0.25, 0.3) is 0 Å². The van der Waals surface area contributed by atoms with Gasteiger partial charge < -0.3 is 52.1 Å². The molecule has 0 amide bonds. The molecule has 0 bridgehead atoms. The van der Waals surface area contributed by atoms with Gasteiger partial charge in [-0.3, -0.25) is 14.4 Å². The van der Waals surface area contributed by atoms with Gasteiger partial charge in [0.25, 0.3) is 0 Å². The van der Waals surface area contributed by atoms with Gasteiger partial charge in [-0.05, 0) is 25.0 Å². The molecule has 388 valence electrons. The first-order valence-corrected chi connectivity index (χ1v) is 25.7. The average molecular weight is 961 g/mol. The molecule has 0 fully saturated rings. The number of hydrogen-bond acceptors (Lipinski definition) is 14. The van der Waals surface area contributed by atoms with Gasteiger partial charge in [-0.25, -0.2) is 0 Å². The van der Waals surface area contributed by atoms with Crippen molar-refractivity contribution < 1.29 is 66.5 Å². The molecular weight excluding hydrogens is 873 g/mol. The van der Waals surface area contributed by atoms with Gasteiger partial charge in [0.15, 0.2) is 5.78 Å². The Balaban J connectivity index is 1.20. The fourth-order valence-corrected chi connectivity index (χ4v) is 6.96. The van der Waals surface area contributed by atoms with Crippen molar-refractivity contribution in [3.05, 3.63) is 71.3 Å². The predicted molar refractivity (Wildman–Crippen MR) is 264 cm³/mol. The van der Waals surface area contributed by atoms with Crippen molar-refractivity contribution in [1.29, 1.82) is 0 Å². The van der Waals surface area contributed by atoms with E-state index >= 15 is 0 Å². The van der Waals surface area contributed by atoms with E-state index in [1.165, 1.54) is 83.5 Å². The summed E-state index contributed by atoms with van der Waals surface area (Å²) in [6.45, 7) is 12.3. The highest BCUT2D eigenvalue weighted by Crippen LogP contribution is 2.20. The van der Waals surface area contributed by atoms with Crippen molar-refractivity contribution >= 4 is 17.7 Å². The third-order valence-electron chi connectivity index (χ3n) is 11.0. The van der Waals surface area contributed by atoms with Crippen LogP contribution in [0.5, 0.6) is 0 Å². The molecule has 2 aromatic rings. The Labute approximate surface area is 409 Å². The first-order chi connectivity index (χ1) is 33.5. The van der Waals surface area contributed by atoms with Crippen LogP contribution in [-0.2, 0) is 61.7 Å². The normalized spacial score (nSPS) is 11.8. The minimum absolute atomic E-state index is 0.0911. The second kappa shape index (κ2) is 46.1. The zero-order chi connectivity index (χ0) is 48.6. The summed E-state index contributed by atoms with van der Waals surface area (Å²) in [5, 5.41) is 0. The molecule has 14 nitrogen and oxygen atoms in total. The highest BCUT2D eigenvalue weighted by atomic mass is 16.6. The number of benzene rings is 2. The Morgan fingerprint density at radius 2 is 0.721 bits per heavy atom. The Hall–Kier alpha value is -3.31. The average Bonchev–Trinajstić information content (AvgIpc) is 3.36. The lowest BCUT2D eigenvalue weighted by molar-refractivity contribution is -0.147. The molecule has 0 spiro atoms. The van der Waals surface area contributed by atoms with E-state index in [0.717, 1.165) is 18.4 Å². The summed E-state index contributed by atoms with van der Waals surface area (Å²) in [6.07, 6.45) is 20.1. The summed E-state index contributed by atoms with van der Waals surface area (Å²) in [5.41, 5.74) is 1.85. The molecule has 2 rings (SSSR count). The third-order valence-corrected chi connectivity index (χ3v) is 11.0. The first kappa shape index (κ1) is 60.8. The summed E-state index contributed by atoms with van der Waals surface area (Å²) < 4.78 is 60.3. The molecule has 0 aliphatic heterocycles. The number of ketones is 1. The zero-order valence-electron chi connectivity index (χ0n) is 41.9. The minimum Gasteiger partial charge on any atom is -0.463 e. The number of ether oxygens (including phenoxy) is 11. The van der Waals surface area contributed by atoms with Crippen molar-refractivity contribution in [3.8, 4) is 0 Å². The van der Waals surface area contributed by atoms with E-state index in [4.69, 9.17) is 52.1 Å². The van der Waals surface area contributed by atoms with Crippen LogP contribution in [0, 0.1) is 0 Å². The van der Waals surface area contributed by atoms with Gasteiger partial charge in [0.2, 0.25) is 0 Å². The van der Waals surface area contributed by atoms with E-state index in [-0.39, 0.29) is 37.5 Å². The van der Waals surface area contributed by atoms with E-state index in [1.54, 1.807) is 37.3 Å². The van der Waals surface area contributed by atoms with Crippen molar-refractivity contribution in [2.75, 3.05) is 132 Å². The number of esters is 2. The van der Waals surface area contributed by atoms with Gasteiger partial charge in [-0.2, -0.15) is 0 Å². The lowest BCUT2D eigenvalue weighted by Crippen LogP contribution is -2.18. The maximum absolute atomic E-state index is 12.8. The molecule has 0 heterocycles. The Morgan fingerprint density at radius 3 is 1.12 bits per heavy atom. The monoisotopic (exact) mass is 961 g/mol. The van der Waals surface area contributed by atoms with Gasteiger partial charge in [-0.15, -0.1) is 0 Å². The van der Waals surface area contributed by atoms with Crippen LogP contribution in [0.2, 0.25) is 0 Å². The quantitative estimate of drug-likeness (QED) is 0.0351. The lowest BCUT2D eigenvalue weighted by Gasteiger charge is -2.13. The third kappa shape index (κ3) is 35.8. The second-order valence-electron chi connectivity index (χ2n) is 16.6.